The van der Waals surface area contributed by atoms with Crippen LogP contribution in [0.15, 0.2) is 97.2 Å². The Balaban J connectivity index is 4.35. The van der Waals surface area contributed by atoms with Crippen molar-refractivity contribution in [2.75, 3.05) is 26.4 Å². The number of hydrogen-bond acceptors (Lipinski definition) is 8. The van der Waals surface area contributed by atoms with E-state index in [9.17, 15) is 19.0 Å². The maximum atomic E-state index is 12.6. The lowest BCUT2D eigenvalue weighted by atomic mass is 10.1. The summed E-state index contributed by atoms with van der Waals surface area (Å²) in [4.78, 5) is 34.8. The van der Waals surface area contributed by atoms with Crippen molar-refractivity contribution in [2.24, 2.45) is 5.73 Å². The molecule has 0 amide bonds. The highest BCUT2D eigenvalue weighted by Gasteiger charge is 2.25. The van der Waals surface area contributed by atoms with Crippen molar-refractivity contribution in [3.05, 3.63) is 97.2 Å². The molecule has 57 heavy (non-hydrogen) atoms. The second-order valence-corrected chi connectivity index (χ2v) is 15.3. The fraction of sp³-hybridized carbons (Fsp3) is 0.617. The number of carbonyl (C=O) groups excluding carboxylic acids is 2. The summed E-state index contributed by atoms with van der Waals surface area (Å²) in [5, 5.41) is 0. The summed E-state index contributed by atoms with van der Waals surface area (Å²) in [6, 6.07) is 0. The zero-order valence-corrected chi connectivity index (χ0v) is 36.4. The van der Waals surface area contributed by atoms with Gasteiger partial charge in [0.1, 0.15) is 6.61 Å². The van der Waals surface area contributed by atoms with Gasteiger partial charge in [-0.05, 0) is 89.9 Å². The van der Waals surface area contributed by atoms with Gasteiger partial charge < -0.3 is 20.1 Å². The van der Waals surface area contributed by atoms with Gasteiger partial charge in [-0.15, -0.1) is 0 Å². The van der Waals surface area contributed by atoms with E-state index >= 15 is 0 Å². The van der Waals surface area contributed by atoms with Crippen LogP contribution in [0.4, 0.5) is 0 Å². The van der Waals surface area contributed by atoms with Gasteiger partial charge in [0.05, 0.1) is 13.2 Å². The molecule has 0 aromatic rings. The quantitative estimate of drug-likeness (QED) is 0.0269. The molecular weight excluding hydrogens is 737 g/mol. The lowest BCUT2D eigenvalue weighted by molar-refractivity contribution is -0.161. The Bertz CT molecular complexity index is 1250. The minimum atomic E-state index is -4.41. The fourth-order valence-electron chi connectivity index (χ4n) is 5.21. The first-order chi connectivity index (χ1) is 27.8. The normalized spacial score (nSPS) is 14.2. The predicted octanol–water partition coefficient (Wildman–Crippen LogP) is 12.6. The van der Waals surface area contributed by atoms with Crippen LogP contribution in [0.3, 0.4) is 0 Å². The predicted molar refractivity (Wildman–Crippen MR) is 238 cm³/mol. The number of carbonyl (C=O) groups is 2. The minimum absolute atomic E-state index is 0.0335. The Labute approximate surface area is 346 Å². The molecule has 3 N–H and O–H groups in total. The van der Waals surface area contributed by atoms with E-state index in [4.69, 9.17) is 24.3 Å². The molecular formula is C47H78NO8P. The summed E-state index contributed by atoms with van der Waals surface area (Å²) in [6.45, 7) is 3.54. The van der Waals surface area contributed by atoms with Crippen molar-refractivity contribution >= 4 is 19.8 Å². The van der Waals surface area contributed by atoms with E-state index in [-0.39, 0.29) is 32.6 Å². The van der Waals surface area contributed by atoms with Gasteiger partial charge in [-0.1, -0.05) is 150 Å². The Morgan fingerprint density at radius 2 is 0.947 bits per heavy atom. The number of nitrogens with two attached hydrogens (primary N) is 1. The number of esters is 2. The molecule has 1 unspecified atom stereocenters. The molecule has 2 atom stereocenters. The zero-order valence-electron chi connectivity index (χ0n) is 35.5. The number of phosphoric acid groups is 1. The first-order valence-corrected chi connectivity index (χ1v) is 23.2. The molecule has 0 aliphatic carbocycles. The highest BCUT2D eigenvalue weighted by Crippen LogP contribution is 2.43. The smallest absolute Gasteiger partial charge is 0.462 e. The van der Waals surface area contributed by atoms with E-state index in [2.05, 4.69) is 98.9 Å². The Morgan fingerprint density at radius 3 is 1.40 bits per heavy atom. The zero-order chi connectivity index (χ0) is 41.8. The van der Waals surface area contributed by atoms with Gasteiger partial charge in [-0.2, -0.15) is 0 Å². The van der Waals surface area contributed by atoms with E-state index in [0.29, 0.717) is 12.8 Å². The minimum Gasteiger partial charge on any atom is -0.462 e. The number of phosphoric ester groups is 1. The highest BCUT2D eigenvalue weighted by molar-refractivity contribution is 7.47. The molecule has 0 aliphatic rings. The number of unbranched alkanes of at least 4 members (excludes halogenated alkanes) is 10. The molecule has 0 aromatic carbocycles. The van der Waals surface area contributed by atoms with Gasteiger partial charge in [-0.3, -0.25) is 18.6 Å². The molecule has 0 rings (SSSR count). The molecule has 324 valence electrons. The second kappa shape index (κ2) is 42.5. The van der Waals surface area contributed by atoms with E-state index in [1.807, 2.05) is 12.2 Å². The van der Waals surface area contributed by atoms with Gasteiger partial charge in [-0.25, -0.2) is 4.57 Å². The average Bonchev–Trinajstić information content (AvgIpc) is 3.20. The second-order valence-electron chi connectivity index (χ2n) is 13.8. The SMILES string of the molecule is CCCCC/C=C/C/C=C/C/C=C/C/C=C/C/C=C/CCC(=O)O[C@H](COC(=O)CCCCCC/C=C/C/C=C/C/C=C/CCCCC)COP(=O)(O)OCCN. The fourth-order valence-corrected chi connectivity index (χ4v) is 5.98. The third-order valence-corrected chi connectivity index (χ3v) is 9.44. The summed E-state index contributed by atoms with van der Waals surface area (Å²) in [7, 11) is -4.41. The molecule has 10 heteroatoms. The highest BCUT2D eigenvalue weighted by atomic mass is 31.2. The van der Waals surface area contributed by atoms with Crippen molar-refractivity contribution in [2.45, 2.75) is 161 Å². The van der Waals surface area contributed by atoms with Crippen molar-refractivity contribution in [1.82, 2.24) is 0 Å². The van der Waals surface area contributed by atoms with Gasteiger partial charge >= 0.3 is 19.8 Å². The standard InChI is InChI=1S/C47H78NO8P/c1-3-5-7-9-11-13-15-17-19-21-22-24-26-28-30-32-34-36-38-40-47(50)56-45(44-55-57(51,52)54-42-41-48)43-53-46(49)39-37-35-33-31-29-27-25-23-20-18-16-14-12-10-8-6-4-2/h11-14,17-20,22,24-25,27-28,30,34,36,45H,3-10,15-16,21,23,26,29,31-33,35,37-44,48H2,1-2H3,(H,51,52)/b13-11+,14-12+,19-17+,20-18+,24-22+,27-25+,30-28+,36-34+/t45-/m1/s1. The molecule has 0 heterocycles. The van der Waals surface area contributed by atoms with Crippen LogP contribution in [0.1, 0.15) is 155 Å². The van der Waals surface area contributed by atoms with Gasteiger partial charge in [0.2, 0.25) is 0 Å². The average molecular weight is 816 g/mol. The van der Waals surface area contributed by atoms with E-state index in [1.54, 1.807) is 0 Å². The summed E-state index contributed by atoms with van der Waals surface area (Å²) in [5.41, 5.74) is 5.34. The molecule has 0 radical (unpaired) electrons. The number of rotatable bonds is 39. The van der Waals surface area contributed by atoms with Crippen LogP contribution in [0.2, 0.25) is 0 Å². The van der Waals surface area contributed by atoms with Crippen molar-refractivity contribution < 1.29 is 37.6 Å². The Hall–Kier alpha value is -3.07. The van der Waals surface area contributed by atoms with Crippen LogP contribution in [-0.2, 0) is 32.7 Å². The van der Waals surface area contributed by atoms with Crippen LogP contribution in [0.25, 0.3) is 0 Å². The topological polar surface area (TPSA) is 134 Å². The largest absolute Gasteiger partial charge is 0.472 e. The molecule has 0 fully saturated rings. The number of hydrogen-bond donors (Lipinski definition) is 2. The number of ether oxygens (including phenoxy) is 2. The Kier molecular flexibility index (Phi) is 40.2. The molecule has 0 saturated heterocycles. The van der Waals surface area contributed by atoms with Gasteiger partial charge in [0.25, 0.3) is 0 Å². The molecule has 0 spiro atoms. The van der Waals surface area contributed by atoms with Crippen molar-refractivity contribution in [3.63, 3.8) is 0 Å². The molecule has 9 nitrogen and oxygen atoms in total. The van der Waals surface area contributed by atoms with E-state index < -0.39 is 32.5 Å². The van der Waals surface area contributed by atoms with Gasteiger partial charge in [0, 0.05) is 19.4 Å². The molecule has 0 aromatic heterocycles. The number of allylic oxidation sites excluding steroid dienone is 16. The first kappa shape index (κ1) is 53.9. The third kappa shape index (κ3) is 42.4. The van der Waals surface area contributed by atoms with Crippen molar-refractivity contribution in [1.29, 1.82) is 0 Å². The van der Waals surface area contributed by atoms with Crippen LogP contribution in [0, 0.1) is 0 Å². The van der Waals surface area contributed by atoms with Crippen LogP contribution >= 0.6 is 7.82 Å². The third-order valence-electron chi connectivity index (χ3n) is 8.46. The summed E-state index contributed by atoms with van der Waals surface area (Å²) < 4.78 is 32.7. The van der Waals surface area contributed by atoms with Gasteiger partial charge in [0.15, 0.2) is 6.10 Å². The monoisotopic (exact) mass is 816 g/mol. The van der Waals surface area contributed by atoms with E-state index in [0.717, 1.165) is 64.2 Å². The molecule has 0 aliphatic heterocycles. The Morgan fingerprint density at radius 1 is 0.526 bits per heavy atom. The van der Waals surface area contributed by atoms with E-state index in [1.165, 1.54) is 51.4 Å². The van der Waals surface area contributed by atoms with Crippen LogP contribution < -0.4 is 5.73 Å². The summed E-state index contributed by atoms with van der Waals surface area (Å²) in [5.74, 6) is -0.960. The lowest BCUT2D eigenvalue weighted by Crippen LogP contribution is -2.29. The first-order valence-electron chi connectivity index (χ1n) is 21.7. The molecule has 0 bridgehead atoms. The summed E-state index contributed by atoms with van der Waals surface area (Å²) in [6.07, 6.45) is 54.5. The molecule has 0 saturated carbocycles. The maximum absolute atomic E-state index is 12.6. The lowest BCUT2D eigenvalue weighted by Gasteiger charge is -2.19. The van der Waals surface area contributed by atoms with Crippen molar-refractivity contribution in [3.8, 4) is 0 Å². The van der Waals surface area contributed by atoms with Crippen LogP contribution in [-0.4, -0.2) is 49.3 Å². The maximum Gasteiger partial charge on any atom is 0.472 e. The van der Waals surface area contributed by atoms with Crippen LogP contribution in [0.5, 0.6) is 0 Å². The summed E-state index contributed by atoms with van der Waals surface area (Å²) >= 11 is 0.